The van der Waals surface area contributed by atoms with Crippen molar-refractivity contribution in [2.45, 2.75) is 26.7 Å². The lowest BCUT2D eigenvalue weighted by Gasteiger charge is -1.96. The van der Waals surface area contributed by atoms with Gasteiger partial charge in [-0.05, 0) is 52.7 Å². The summed E-state index contributed by atoms with van der Waals surface area (Å²) >= 11 is 0. The van der Waals surface area contributed by atoms with Crippen LogP contribution in [0.15, 0.2) is 72.8 Å². The highest BCUT2D eigenvalue weighted by Crippen LogP contribution is 2.19. The summed E-state index contributed by atoms with van der Waals surface area (Å²) in [6.07, 6.45) is 1.77. The van der Waals surface area contributed by atoms with Gasteiger partial charge in [-0.25, -0.2) is 15.0 Å². The summed E-state index contributed by atoms with van der Waals surface area (Å²) in [4.78, 5) is 19.4. The van der Waals surface area contributed by atoms with E-state index >= 15 is 0 Å². The minimum atomic E-state index is 0. The van der Waals surface area contributed by atoms with Crippen molar-refractivity contribution >= 4 is 61.0 Å². The molecule has 34 heavy (non-hydrogen) atoms. The normalized spacial score (nSPS) is 10.4. The van der Waals surface area contributed by atoms with E-state index in [0.717, 1.165) is 57.4 Å². The molecular weight excluding hydrogens is 477 g/mol. The summed E-state index contributed by atoms with van der Waals surface area (Å²) < 4.78 is 2.04. The van der Waals surface area contributed by atoms with Crippen LogP contribution in [-0.2, 0) is 12.3 Å². The average Bonchev–Trinajstić information content (AvgIpc) is 3.53. The van der Waals surface area contributed by atoms with Gasteiger partial charge in [0.1, 0.15) is 17.5 Å². The number of para-hydroxylation sites is 6. The fraction of sp³-hybridized carbons (Fsp3) is 0.160. The summed E-state index contributed by atoms with van der Waals surface area (Å²) in [5.41, 5.74) is 6.54. The van der Waals surface area contributed by atoms with E-state index in [-0.39, 0.29) is 7.43 Å². The number of fused-ring (bicyclic) bond motifs is 3. The van der Waals surface area contributed by atoms with Crippen LogP contribution in [0.3, 0.4) is 0 Å². The summed E-state index contributed by atoms with van der Waals surface area (Å²) in [7, 11) is 8.00. The lowest BCUT2D eigenvalue weighted by atomic mass is 10.3. The Morgan fingerprint density at radius 2 is 1.26 bits per heavy atom. The van der Waals surface area contributed by atoms with Crippen LogP contribution in [0.5, 0.6) is 0 Å². The Bertz CT molecular complexity index is 1420. The van der Waals surface area contributed by atoms with Gasteiger partial charge in [0.05, 0.1) is 33.1 Å². The second-order valence-electron chi connectivity index (χ2n) is 7.34. The minimum Gasteiger partial charge on any atom is -0.342 e. The van der Waals surface area contributed by atoms with E-state index in [2.05, 4.69) is 58.9 Å². The second-order valence-corrected chi connectivity index (χ2v) is 8.67. The zero-order valence-corrected chi connectivity index (χ0v) is 21.8. The number of H-pyrrole nitrogens is 2. The third-order valence-corrected chi connectivity index (χ3v) is 6.32. The van der Waals surface area contributed by atoms with Crippen molar-refractivity contribution in [1.82, 2.24) is 29.3 Å². The molecule has 6 aromatic rings. The molecule has 9 heteroatoms. The first-order valence-electron chi connectivity index (χ1n) is 10.6. The highest BCUT2D eigenvalue weighted by Gasteiger charge is 2.03. The van der Waals surface area contributed by atoms with Gasteiger partial charge in [0.2, 0.25) is 0 Å². The van der Waals surface area contributed by atoms with Gasteiger partial charge in [0.15, 0.2) is 0 Å². The van der Waals surface area contributed by atoms with Crippen molar-refractivity contribution in [3.05, 3.63) is 90.3 Å². The molecule has 3 heterocycles. The molecule has 3 aromatic heterocycles. The number of rotatable bonds is 2. The van der Waals surface area contributed by atoms with Crippen LogP contribution in [0.25, 0.3) is 33.1 Å². The summed E-state index contributed by atoms with van der Waals surface area (Å²) in [6, 6.07) is 24.2. The summed E-state index contributed by atoms with van der Waals surface area (Å²) in [5.74, 6) is 3.07. The Kier molecular flexibility index (Phi) is 9.30. The topological polar surface area (TPSA) is 75.2 Å². The van der Waals surface area contributed by atoms with E-state index in [1.54, 1.807) is 0 Å². The van der Waals surface area contributed by atoms with Crippen LogP contribution >= 0.6 is 27.9 Å². The first-order chi connectivity index (χ1) is 16.1. The molecule has 0 aliphatic carbocycles. The second kappa shape index (κ2) is 12.2. The number of imidazole rings is 3. The molecule has 0 spiro atoms. The van der Waals surface area contributed by atoms with Crippen LogP contribution in [0.2, 0.25) is 0 Å². The maximum Gasteiger partial charge on any atom is 0.116 e. The Balaban J connectivity index is 0.000000141. The number of hydrogen-bond acceptors (Lipinski definition) is 3. The molecule has 0 radical (unpaired) electrons. The lowest BCUT2D eigenvalue weighted by Crippen LogP contribution is -1.85. The predicted octanol–water partition coefficient (Wildman–Crippen LogP) is 6.50. The molecular formula is C25H31N6P3. The van der Waals surface area contributed by atoms with Crippen LogP contribution in [-0.4, -0.2) is 29.3 Å². The average molecular weight is 508 g/mol. The molecule has 3 atom stereocenters. The fourth-order valence-electron chi connectivity index (χ4n) is 3.42. The van der Waals surface area contributed by atoms with Crippen molar-refractivity contribution in [3.8, 4) is 0 Å². The number of aryl methyl sites for hydroxylation is 1. The van der Waals surface area contributed by atoms with E-state index in [4.69, 9.17) is 0 Å². The molecule has 3 aromatic carbocycles. The third kappa shape index (κ3) is 6.07. The number of aromatic nitrogens is 6. The van der Waals surface area contributed by atoms with Crippen molar-refractivity contribution < 1.29 is 0 Å². The number of benzene rings is 3. The molecule has 0 aliphatic heterocycles. The number of nitrogens with one attached hydrogen (secondary N) is 2. The van der Waals surface area contributed by atoms with E-state index in [0.29, 0.717) is 0 Å². The monoisotopic (exact) mass is 508 g/mol. The molecule has 2 N–H and O–H groups in total. The molecule has 0 saturated heterocycles. The molecule has 6 nitrogen and oxygen atoms in total. The lowest BCUT2D eigenvalue weighted by molar-refractivity contribution is 1.09. The van der Waals surface area contributed by atoms with Crippen LogP contribution in [0.4, 0.5) is 0 Å². The van der Waals surface area contributed by atoms with Crippen LogP contribution in [0, 0.1) is 6.92 Å². The summed E-state index contributed by atoms with van der Waals surface area (Å²) in [6.45, 7) is 1.96. The van der Waals surface area contributed by atoms with Gasteiger partial charge in [-0.15, -0.1) is 18.5 Å². The molecule has 0 aliphatic rings. The molecule has 0 bridgehead atoms. The number of nitrogens with zero attached hydrogens (tertiary/aromatic N) is 4. The van der Waals surface area contributed by atoms with Crippen molar-refractivity contribution in [1.29, 1.82) is 0 Å². The minimum absolute atomic E-state index is 0. The Morgan fingerprint density at radius 3 is 1.82 bits per heavy atom. The van der Waals surface area contributed by atoms with E-state index < -0.39 is 0 Å². The Hall–Kier alpha value is -2.64. The highest BCUT2D eigenvalue weighted by atomic mass is 31.0. The molecule has 3 unspecified atom stereocenters. The third-order valence-electron chi connectivity index (χ3n) is 4.99. The van der Waals surface area contributed by atoms with E-state index in [1.807, 2.05) is 78.0 Å². The largest absolute Gasteiger partial charge is 0.342 e. The first kappa shape index (κ1) is 26.0. The highest BCUT2D eigenvalue weighted by molar-refractivity contribution is 7.16. The van der Waals surface area contributed by atoms with Crippen molar-refractivity contribution in [3.63, 3.8) is 0 Å². The maximum atomic E-state index is 4.45. The number of hydrogen-bond donors (Lipinski definition) is 2. The van der Waals surface area contributed by atoms with Gasteiger partial charge in [-0.1, -0.05) is 43.8 Å². The smallest absolute Gasteiger partial charge is 0.116 e. The molecule has 0 amide bonds. The van der Waals surface area contributed by atoms with Crippen molar-refractivity contribution in [2.75, 3.05) is 0 Å². The standard InChI is InChI=1S/C8H10N2P2.C8H9N2P.C8H8N2.CH4/c11-5-8-9-6-3-1-2-4-7(6)10(8)12;11-5-8-9-6-3-1-2-4-7(6)10-8;1-6-9-7-4-2-3-5-8(7)10-6;/h1-4H,5,11-12H2;1-4H,5,11H2,(H,9,10);2-5H,1H3,(H,9,10);1H4. The molecule has 0 fully saturated rings. The van der Waals surface area contributed by atoms with Crippen LogP contribution < -0.4 is 0 Å². The Labute approximate surface area is 207 Å². The zero-order chi connectivity index (χ0) is 23.2. The molecule has 176 valence electrons. The molecule has 6 rings (SSSR count). The summed E-state index contributed by atoms with van der Waals surface area (Å²) in [5, 5.41) is 0. The van der Waals surface area contributed by atoms with Gasteiger partial charge >= 0.3 is 0 Å². The molecule has 0 saturated carbocycles. The number of aromatic amines is 2. The first-order valence-corrected chi connectivity index (χ1v) is 12.7. The van der Waals surface area contributed by atoms with Gasteiger partial charge < -0.3 is 14.3 Å². The zero-order valence-electron chi connectivity index (χ0n) is 18.4. The fourth-order valence-corrected chi connectivity index (χ4v) is 4.49. The SMILES string of the molecule is C.Cc1nc2ccccc2[nH]1.PCc1nc2ccccc2[nH]1.PCc1nc2ccccc2n1P. The quantitative estimate of drug-likeness (QED) is 0.263. The van der Waals surface area contributed by atoms with E-state index in [1.165, 1.54) is 5.52 Å². The Morgan fingerprint density at radius 1 is 0.706 bits per heavy atom. The van der Waals surface area contributed by atoms with Crippen LogP contribution in [0.1, 0.15) is 24.9 Å². The van der Waals surface area contributed by atoms with Gasteiger partial charge in [0, 0.05) is 12.3 Å². The predicted molar refractivity (Wildman–Crippen MR) is 155 cm³/mol. The maximum absolute atomic E-state index is 4.45. The van der Waals surface area contributed by atoms with Gasteiger partial charge in [0.25, 0.3) is 0 Å². The van der Waals surface area contributed by atoms with Gasteiger partial charge in [-0.3, -0.25) is 0 Å². The van der Waals surface area contributed by atoms with Crippen molar-refractivity contribution in [2.24, 2.45) is 0 Å². The van der Waals surface area contributed by atoms with E-state index in [9.17, 15) is 0 Å². The van der Waals surface area contributed by atoms with Gasteiger partial charge in [-0.2, -0.15) is 0 Å².